The Balaban J connectivity index is 3.95. The van der Waals surface area contributed by atoms with Gasteiger partial charge in [0.2, 0.25) is 6.61 Å². The zero-order valence-electron chi connectivity index (χ0n) is 6.48. The Hall–Kier alpha value is -1.59. The third-order valence-corrected chi connectivity index (χ3v) is 0.945. The van der Waals surface area contributed by atoms with Crippen molar-refractivity contribution >= 4 is 17.7 Å². The molecule has 0 saturated heterocycles. The van der Waals surface area contributed by atoms with Crippen molar-refractivity contribution < 1.29 is 24.6 Å². The molecular weight excluding hydrogens is 166 g/mol. The molecule has 0 aliphatic rings. The Morgan fingerprint density at radius 1 is 1.42 bits per heavy atom. The minimum Gasteiger partial charge on any atom is -0.479 e. The molecule has 0 aromatic carbocycles. The van der Waals surface area contributed by atoms with Gasteiger partial charge in [0, 0.05) is 0 Å². The second-order valence-corrected chi connectivity index (χ2v) is 1.86. The van der Waals surface area contributed by atoms with Crippen LogP contribution in [-0.4, -0.2) is 34.5 Å². The molecular formula is C6H9NO5. The summed E-state index contributed by atoms with van der Waals surface area (Å²) in [5.41, 5.74) is -0.198. The van der Waals surface area contributed by atoms with E-state index >= 15 is 0 Å². The number of aliphatic carboxylic acids is 2. The molecule has 0 heterocycles. The molecule has 0 bridgehead atoms. The van der Waals surface area contributed by atoms with E-state index in [4.69, 9.17) is 10.2 Å². The summed E-state index contributed by atoms with van der Waals surface area (Å²) in [5, 5.41) is 19.6. The van der Waals surface area contributed by atoms with Crippen LogP contribution in [0.3, 0.4) is 0 Å². The first-order chi connectivity index (χ1) is 5.57. The Morgan fingerprint density at radius 3 is 2.33 bits per heavy atom. The Morgan fingerprint density at radius 2 is 2.00 bits per heavy atom. The van der Waals surface area contributed by atoms with Crippen molar-refractivity contribution in [3.63, 3.8) is 0 Å². The molecule has 0 aromatic heterocycles. The first-order valence-corrected chi connectivity index (χ1v) is 3.21. The molecule has 0 radical (unpaired) electrons. The summed E-state index contributed by atoms with van der Waals surface area (Å²) in [4.78, 5) is 24.4. The summed E-state index contributed by atoms with van der Waals surface area (Å²) in [7, 11) is 0. The molecule has 0 amide bonds. The average molecular weight is 175 g/mol. The number of hydrogen-bond donors (Lipinski definition) is 2. The van der Waals surface area contributed by atoms with Gasteiger partial charge >= 0.3 is 11.9 Å². The Bertz CT molecular complexity index is 210. The maximum Gasteiger partial charge on any atom is 0.353 e. The molecule has 0 rings (SSSR count). The SMILES string of the molecule is CC/C(=N\OCC(=O)O)C(=O)O. The van der Waals surface area contributed by atoms with Crippen molar-refractivity contribution in [1.82, 2.24) is 0 Å². The van der Waals surface area contributed by atoms with Gasteiger partial charge in [0.15, 0.2) is 5.71 Å². The van der Waals surface area contributed by atoms with E-state index in [1.807, 2.05) is 0 Å². The summed E-state index contributed by atoms with van der Waals surface area (Å²) in [6.07, 6.45) is 0.189. The van der Waals surface area contributed by atoms with Gasteiger partial charge in [-0.2, -0.15) is 0 Å². The quantitative estimate of drug-likeness (QED) is 0.450. The summed E-state index contributed by atoms with van der Waals surface area (Å²) in [6, 6.07) is 0. The van der Waals surface area contributed by atoms with Crippen LogP contribution in [-0.2, 0) is 14.4 Å². The predicted molar refractivity (Wildman–Crippen MR) is 38.9 cm³/mol. The van der Waals surface area contributed by atoms with Gasteiger partial charge < -0.3 is 15.1 Å². The standard InChI is InChI=1S/C6H9NO5/c1-2-4(6(10)11)7-12-3-5(8)9/h2-3H2,1H3,(H,8,9)(H,10,11)/b7-4+. The molecule has 0 atom stereocenters. The van der Waals surface area contributed by atoms with Gasteiger partial charge in [0.05, 0.1) is 0 Å². The molecule has 0 spiro atoms. The number of carboxylic acid groups (broad SMARTS) is 2. The lowest BCUT2D eigenvalue weighted by Gasteiger charge is -1.96. The Labute approximate surface area is 68.4 Å². The number of rotatable bonds is 5. The third kappa shape index (κ3) is 4.26. The molecule has 0 unspecified atom stereocenters. The van der Waals surface area contributed by atoms with E-state index in [1.165, 1.54) is 0 Å². The van der Waals surface area contributed by atoms with Crippen molar-refractivity contribution in [2.24, 2.45) is 5.16 Å². The fourth-order valence-corrected chi connectivity index (χ4v) is 0.420. The van der Waals surface area contributed by atoms with Crippen molar-refractivity contribution in [2.75, 3.05) is 6.61 Å². The molecule has 68 valence electrons. The summed E-state index contributed by atoms with van der Waals surface area (Å²) in [6.45, 7) is 0.952. The maximum absolute atomic E-state index is 10.2. The van der Waals surface area contributed by atoms with Crippen molar-refractivity contribution in [3.8, 4) is 0 Å². The summed E-state index contributed by atoms with van der Waals surface area (Å²) >= 11 is 0. The van der Waals surface area contributed by atoms with Gasteiger partial charge in [-0.25, -0.2) is 9.59 Å². The highest BCUT2D eigenvalue weighted by Gasteiger charge is 2.07. The lowest BCUT2D eigenvalue weighted by atomic mass is 10.3. The second kappa shape index (κ2) is 5.11. The van der Waals surface area contributed by atoms with Crippen molar-refractivity contribution in [2.45, 2.75) is 13.3 Å². The van der Waals surface area contributed by atoms with E-state index in [9.17, 15) is 9.59 Å². The Kier molecular flexibility index (Phi) is 4.43. The molecule has 0 saturated carbocycles. The van der Waals surface area contributed by atoms with Crippen LogP contribution in [0.2, 0.25) is 0 Å². The molecule has 6 heteroatoms. The van der Waals surface area contributed by atoms with Crippen LogP contribution in [0.5, 0.6) is 0 Å². The molecule has 0 aromatic rings. The highest BCUT2D eigenvalue weighted by Crippen LogP contribution is 1.88. The van der Waals surface area contributed by atoms with Gasteiger partial charge in [0.25, 0.3) is 0 Å². The number of hydrogen-bond acceptors (Lipinski definition) is 4. The van der Waals surface area contributed by atoms with E-state index < -0.39 is 18.5 Å². The first kappa shape index (κ1) is 10.4. The topological polar surface area (TPSA) is 96.2 Å². The van der Waals surface area contributed by atoms with Gasteiger partial charge in [-0.1, -0.05) is 12.1 Å². The van der Waals surface area contributed by atoms with Crippen LogP contribution in [0.15, 0.2) is 5.16 Å². The minimum absolute atomic E-state index is 0.189. The predicted octanol–water partition coefficient (Wildman–Crippen LogP) is -0.0618. The van der Waals surface area contributed by atoms with Crippen molar-refractivity contribution in [1.29, 1.82) is 0 Å². The van der Waals surface area contributed by atoms with Crippen LogP contribution in [0.25, 0.3) is 0 Å². The molecule has 2 N–H and O–H groups in total. The molecule has 6 nitrogen and oxygen atoms in total. The van der Waals surface area contributed by atoms with Gasteiger partial charge in [0.1, 0.15) is 0 Å². The lowest BCUT2D eigenvalue weighted by molar-refractivity contribution is -0.142. The number of oxime groups is 1. The van der Waals surface area contributed by atoms with Crippen LogP contribution < -0.4 is 0 Å². The summed E-state index contributed by atoms with van der Waals surface area (Å²) in [5.74, 6) is -2.40. The molecule has 0 fully saturated rings. The van der Waals surface area contributed by atoms with Gasteiger partial charge in [-0.15, -0.1) is 0 Å². The minimum atomic E-state index is -1.21. The van der Waals surface area contributed by atoms with E-state index in [0.717, 1.165) is 0 Å². The normalized spacial score (nSPS) is 10.9. The van der Waals surface area contributed by atoms with E-state index in [1.54, 1.807) is 6.92 Å². The van der Waals surface area contributed by atoms with E-state index in [2.05, 4.69) is 9.99 Å². The smallest absolute Gasteiger partial charge is 0.353 e. The number of carbonyl (C=O) groups is 2. The van der Waals surface area contributed by atoms with Crippen molar-refractivity contribution in [3.05, 3.63) is 0 Å². The van der Waals surface area contributed by atoms with Crippen LogP contribution in [0, 0.1) is 0 Å². The van der Waals surface area contributed by atoms with Crippen LogP contribution >= 0.6 is 0 Å². The van der Waals surface area contributed by atoms with Gasteiger partial charge in [-0.3, -0.25) is 0 Å². The van der Waals surface area contributed by atoms with E-state index in [-0.39, 0.29) is 12.1 Å². The van der Waals surface area contributed by atoms with Gasteiger partial charge in [-0.05, 0) is 6.42 Å². The lowest BCUT2D eigenvalue weighted by Crippen LogP contribution is -2.13. The van der Waals surface area contributed by atoms with E-state index in [0.29, 0.717) is 0 Å². The van der Waals surface area contributed by atoms with Crippen LogP contribution in [0.4, 0.5) is 0 Å². The average Bonchev–Trinajstić information content (AvgIpc) is 1.96. The first-order valence-electron chi connectivity index (χ1n) is 3.21. The zero-order chi connectivity index (χ0) is 9.56. The molecule has 12 heavy (non-hydrogen) atoms. The highest BCUT2D eigenvalue weighted by molar-refractivity contribution is 6.35. The fraction of sp³-hybridized carbons (Fsp3) is 0.500. The van der Waals surface area contributed by atoms with Crippen LogP contribution in [0.1, 0.15) is 13.3 Å². The maximum atomic E-state index is 10.2. The third-order valence-electron chi connectivity index (χ3n) is 0.945. The molecule has 0 aliphatic carbocycles. The number of nitrogens with zero attached hydrogens (tertiary/aromatic N) is 1. The fourth-order valence-electron chi connectivity index (χ4n) is 0.420. The highest BCUT2D eigenvalue weighted by atomic mass is 16.6. The molecule has 0 aliphatic heterocycles. The number of carboxylic acids is 2. The monoisotopic (exact) mass is 175 g/mol. The second-order valence-electron chi connectivity index (χ2n) is 1.86. The zero-order valence-corrected chi connectivity index (χ0v) is 6.48. The largest absolute Gasteiger partial charge is 0.479 e. The summed E-state index contributed by atoms with van der Waals surface area (Å²) < 4.78 is 0.